The predicted molar refractivity (Wildman–Crippen MR) is 138 cm³/mol. The van der Waals surface area contributed by atoms with Crippen LogP contribution in [0.15, 0.2) is 53.4 Å². The fourth-order valence-corrected chi connectivity index (χ4v) is 4.04. The zero-order chi connectivity index (χ0) is 25.1. The molecule has 3 aromatic heterocycles. The monoisotopic (exact) mass is 466 g/mol. The summed E-state index contributed by atoms with van der Waals surface area (Å²) in [6.07, 6.45) is 8.06. The van der Waals surface area contributed by atoms with Crippen LogP contribution in [0.3, 0.4) is 0 Å². The third-order valence-corrected chi connectivity index (χ3v) is 5.92. The molecule has 4 N–H and O–H groups in total. The SMILES string of the molecule is CN=C/C(=C\N)c1cnc2[nH]cc(/C=C(\C#N)C(=O)N[C@H](C)c3ccc4c(C)nn(C)c4c3)c2c1. The molecule has 0 radical (unpaired) electrons. The van der Waals surface area contributed by atoms with Gasteiger partial charge in [0.05, 0.1) is 17.3 Å². The second kappa shape index (κ2) is 9.65. The number of nitriles is 1. The van der Waals surface area contributed by atoms with Crippen molar-refractivity contribution in [2.75, 3.05) is 7.05 Å². The van der Waals surface area contributed by atoms with Crippen molar-refractivity contribution in [2.45, 2.75) is 19.9 Å². The lowest BCUT2D eigenvalue weighted by Gasteiger charge is -2.14. The van der Waals surface area contributed by atoms with Gasteiger partial charge in [-0.3, -0.25) is 14.5 Å². The Labute approximate surface area is 202 Å². The number of pyridine rings is 1. The summed E-state index contributed by atoms with van der Waals surface area (Å²) in [5.41, 5.74) is 11.4. The van der Waals surface area contributed by atoms with E-state index in [0.29, 0.717) is 16.8 Å². The average molecular weight is 467 g/mol. The number of nitrogens with two attached hydrogens (primary N) is 1. The summed E-state index contributed by atoms with van der Waals surface area (Å²) < 4.78 is 1.82. The van der Waals surface area contributed by atoms with E-state index in [2.05, 4.69) is 25.4 Å². The summed E-state index contributed by atoms with van der Waals surface area (Å²) >= 11 is 0. The van der Waals surface area contributed by atoms with Crippen molar-refractivity contribution in [3.63, 3.8) is 0 Å². The molecule has 1 aromatic carbocycles. The molecular weight excluding hydrogens is 440 g/mol. The highest BCUT2D eigenvalue weighted by Gasteiger charge is 2.17. The quantitative estimate of drug-likeness (QED) is 0.227. The molecule has 4 rings (SSSR count). The Kier molecular flexibility index (Phi) is 6.46. The first-order chi connectivity index (χ1) is 16.9. The number of aliphatic imine (C=N–C) groups is 1. The lowest BCUT2D eigenvalue weighted by atomic mass is 10.0. The van der Waals surface area contributed by atoms with E-state index in [4.69, 9.17) is 5.73 Å². The summed E-state index contributed by atoms with van der Waals surface area (Å²) in [6, 6.07) is 9.58. The van der Waals surface area contributed by atoms with Crippen LogP contribution in [0, 0.1) is 18.3 Å². The number of carbonyl (C=O) groups is 1. The van der Waals surface area contributed by atoms with Gasteiger partial charge in [0.1, 0.15) is 17.3 Å². The van der Waals surface area contributed by atoms with Crippen molar-refractivity contribution < 1.29 is 4.79 Å². The van der Waals surface area contributed by atoms with Gasteiger partial charge in [-0.05, 0) is 37.6 Å². The molecule has 1 atom stereocenters. The standard InChI is InChI=1S/C26H26N8O/c1-15(17-5-6-22-16(2)33-34(4)24(22)9-17)32-26(35)18(10-27)7-20-14-31-25-23(20)8-19(13-30-25)21(11-28)12-29-3/h5-9,11-15H,28H2,1-4H3,(H,30,31)(H,32,35)/b18-7+,21-11+,29-12?/t15-/m1/s1. The Hall–Kier alpha value is -4.71. The van der Waals surface area contributed by atoms with Crippen molar-refractivity contribution in [3.05, 3.63) is 70.8 Å². The maximum atomic E-state index is 13.0. The number of nitrogens with zero attached hydrogens (tertiary/aromatic N) is 5. The number of aromatic amines is 1. The van der Waals surface area contributed by atoms with Crippen molar-refractivity contribution in [1.29, 1.82) is 5.26 Å². The minimum atomic E-state index is -0.458. The van der Waals surface area contributed by atoms with Crippen LogP contribution < -0.4 is 11.1 Å². The summed E-state index contributed by atoms with van der Waals surface area (Å²) in [5, 5.41) is 18.9. The first kappa shape index (κ1) is 23.4. The molecule has 1 amide bonds. The molecule has 176 valence electrons. The van der Waals surface area contributed by atoms with Crippen LogP contribution in [0.25, 0.3) is 33.6 Å². The van der Waals surface area contributed by atoms with Crippen LogP contribution in [0.1, 0.15) is 35.3 Å². The predicted octanol–water partition coefficient (Wildman–Crippen LogP) is 3.54. The first-order valence-electron chi connectivity index (χ1n) is 11.0. The Morgan fingerprint density at radius 2 is 2.14 bits per heavy atom. The number of rotatable bonds is 6. The minimum Gasteiger partial charge on any atom is -0.404 e. The highest BCUT2D eigenvalue weighted by molar-refractivity contribution is 6.10. The number of aryl methyl sites for hydroxylation is 2. The number of aromatic nitrogens is 4. The molecular formula is C26H26N8O. The highest BCUT2D eigenvalue weighted by atomic mass is 16.1. The van der Waals surface area contributed by atoms with Crippen LogP contribution in [0.2, 0.25) is 0 Å². The fraction of sp³-hybridized carbons (Fsp3) is 0.192. The maximum Gasteiger partial charge on any atom is 0.262 e. The summed E-state index contributed by atoms with van der Waals surface area (Å²) in [6.45, 7) is 3.85. The number of hydrogen-bond donors (Lipinski definition) is 3. The molecule has 4 aromatic rings. The van der Waals surface area contributed by atoms with Crippen LogP contribution in [-0.4, -0.2) is 38.9 Å². The molecule has 35 heavy (non-hydrogen) atoms. The van der Waals surface area contributed by atoms with E-state index >= 15 is 0 Å². The van der Waals surface area contributed by atoms with Gasteiger partial charge in [-0.25, -0.2) is 4.98 Å². The Bertz CT molecular complexity index is 1560. The average Bonchev–Trinajstić information content (AvgIpc) is 3.39. The molecule has 9 nitrogen and oxygen atoms in total. The number of H-pyrrole nitrogens is 1. The van der Waals surface area contributed by atoms with Crippen LogP contribution in [-0.2, 0) is 11.8 Å². The van der Waals surface area contributed by atoms with Crippen LogP contribution in [0.5, 0.6) is 0 Å². The number of fused-ring (bicyclic) bond motifs is 2. The molecule has 0 fully saturated rings. The maximum absolute atomic E-state index is 13.0. The number of carbonyl (C=O) groups excluding carboxylic acids is 1. The lowest BCUT2D eigenvalue weighted by molar-refractivity contribution is -0.117. The van der Waals surface area contributed by atoms with Gasteiger partial charge in [-0.1, -0.05) is 12.1 Å². The van der Waals surface area contributed by atoms with E-state index < -0.39 is 5.91 Å². The number of allylic oxidation sites excluding steroid dienone is 1. The molecule has 0 saturated carbocycles. The van der Waals surface area contributed by atoms with Gasteiger partial charge in [0.15, 0.2) is 0 Å². The largest absolute Gasteiger partial charge is 0.404 e. The molecule has 0 aliphatic carbocycles. The van der Waals surface area contributed by atoms with Gasteiger partial charge in [-0.2, -0.15) is 10.4 Å². The number of hydrogen-bond acceptors (Lipinski definition) is 6. The van der Waals surface area contributed by atoms with Crippen molar-refractivity contribution in [1.82, 2.24) is 25.1 Å². The summed E-state index contributed by atoms with van der Waals surface area (Å²) in [7, 11) is 3.55. The first-order valence-corrected chi connectivity index (χ1v) is 11.0. The van der Waals surface area contributed by atoms with Gasteiger partial charge in [0.2, 0.25) is 0 Å². The third kappa shape index (κ3) is 4.54. The number of amides is 1. The summed E-state index contributed by atoms with van der Waals surface area (Å²) in [5.74, 6) is -0.458. The normalized spacial score (nSPS) is 13.5. The van der Waals surface area contributed by atoms with E-state index in [1.807, 2.05) is 55.9 Å². The lowest BCUT2D eigenvalue weighted by Crippen LogP contribution is -2.27. The van der Waals surface area contributed by atoms with E-state index in [0.717, 1.165) is 33.1 Å². The second-order valence-electron chi connectivity index (χ2n) is 8.22. The van der Waals surface area contributed by atoms with Crippen LogP contribution >= 0.6 is 0 Å². The Morgan fingerprint density at radius 3 is 2.86 bits per heavy atom. The van der Waals surface area contributed by atoms with Gasteiger partial charge in [0.25, 0.3) is 5.91 Å². The van der Waals surface area contributed by atoms with Crippen molar-refractivity contribution in [3.8, 4) is 6.07 Å². The van der Waals surface area contributed by atoms with Crippen LogP contribution in [0.4, 0.5) is 0 Å². The molecule has 0 bridgehead atoms. The zero-order valence-electron chi connectivity index (χ0n) is 20.0. The van der Waals surface area contributed by atoms with Gasteiger partial charge in [0, 0.05) is 66.4 Å². The smallest absolute Gasteiger partial charge is 0.262 e. The fourth-order valence-electron chi connectivity index (χ4n) is 4.04. The molecule has 3 heterocycles. The molecule has 0 spiro atoms. The molecule has 9 heteroatoms. The topological polar surface area (TPSA) is 138 Å². The molecule has 0 unspecified atom stereocenters. The molecule has 0 saturated heterocycles. The second-order valence-corrected chi connectivity index (χ2v) is 8.22. The third-order valence-electron chi connectivity index (χ3n) is 5.92. The summed E-state index contributed by atoms with van der Waals surface area (Å²) in [4.78, 5) is 24.5. The number of benzene rings is 1. The number of nitrogens with one attached hydrogen (secondary N) is 2. The zero-order valence-corrected chi connectivity index (χ0v) is 20.0. The van der Waals surface area contributed by atoms with Gasteiger partial charge >= 0.3 is 0 Å². The molecule has 0 aliphatic heterocycles. The minimum absolute atomic E-state index is 0.00896. The van der Waals surface area contributed by atoms with Crippen molar-refractivity contribution in [2.24, 2.45) is 17.8 Å². The molecule has 0 aliphatic rings. The van der Waals surface area contributed by atoms with E-state index in [1.165, 1.54) is 6.20 Å². The van der Waals surface area contributed by atoms with E-state index in [9.17, 15) is 10.1 Å². The Morgan fingerprint density at radius 1 is 1.34 bits per heavy atom. The Balaban J connectivity index is 1.61. The highest BCUT2D eigenvalue weighted by Crippen LogP contribution is 2.25. The van der Waals surface area contributed by atoms with Gasteiger partial charge in [-0.15, -0.1) is 0 Å². The van der Waals surface area contributed by atoms with E-state index in [-0.39, 0.29) is 11.6 Å². The van der Waals surface area contributed by atoms with Gasteiger partial charge < -0.3 is 16.0 Å². The van der Waals surface area contributed by atoms with Crippen molar-refractivity contribution >= 4 is 45.7 Å². The van der Waals surface area contributed by atoms with E-state index in [1.54, 1.807) is 31.7 Å².